The summed E-state index contributed by atoms with van der Waals surface area (Å²) in [6, 6.07) is 15.7. The molecule has 22 heavy (non-hydrogen) atoms. The lowest BCUT2D eigenvalue weighted by atomic mass is 10.2. The topological polar surface area (TPSA) is 42.4 Å². The second-order valence-corrected chi connectivity index (χ2v) is 5.23. The molecule has 1 amide bonds. The molecule has 0 aliphatic carbocycles. The van der Waals surface area contributed by atoms with Gasteiger partial charge in [0, 0.05) is 25.8 Å². The van der Waals surface area contributed by atoms with E-state index >= 15 is 0 Å². The zero-order valence-corrected chi connectivity index (χ0v) is 13.2. The number of rotatable bonds is 7. The van der Waals surface area contributed by atoms with Crippen molar-refractivity contribution in [1.82, 2.24) is 4.98 Å². The Kier molecular flexibility index (Phi) is 6.10. The molecule has 0 aliphatic heterocycles. The fraction of sp³-hybridized carbons (Fsp3) is 0.333. The molecule has 2 aromatic rings. The van der Waals surface area contributed by atoms with E-state index < -0.39 is 0 Å². The van der Waals surface area contributed by atoms with Crippen LogP contribution in [-0.4, -0.2) is 24.5 Å². The van der Waals surface area contributed by atoms with Gasteiger partial charge in [0.1, 0.15) is 5.82 Å². The highest BCUT2D eigenvalue weighted by atomic mass is 16.5. The van der Waals surface area contributed by atoms with E-state index in [-0.39, 0.29) is 5.91 Å². The van der Waals surface area contributed by atoms with Crippen LogP contribution in [0.25, 0.3) is 0 Å². The van der Waals surface area contributed by atoms with Gasteiger partial charge in [0.25, 0.3) is 0 Å². The van der Waals surface area contributed by atoms with E-state index in [9.17, 15) is 4.79 Å². The van der Waals surface area contributed by atoms with Crippen LogP contribution in [0.2, 0.25) is 0 Å². The largest absolute Gasteiger partial charge is 0.377 e. The molecule has 0 bridgehead atoms. The van der Waals surface area contributed by atoms with Crippen molar-refractivity contribution in [2.75, 3.05) is 18.6 Å². The maximum absolute atomic E-state index is 12.1. The second kappa shape index (κ2) is 8.29. The summed E-state index contributed by atoms with van der Waals surface area (Å²) in [5.41, 5.74) is 2.05. The van der Waals surface area contributed by atoms with Crippen molar-refractivity contribution in [2.24, 2.45) is 0 Å². The molecule has 0 N–H and O–H groups in total. The van der Waals surface area contributed by atoms with Gasteiger partial charge in [-0.15, -0.1) is 0 Å². The molecular weight excluding hydrogens is 276 g/mol. The van der Waals surface area contributed by atoms with Gasteiger partial charge in [-0.25, -0.2) is 4.98 Å². The number of amides is 1. The first kappa shape index (κ1) is 16.2. The molecule has 0 radical (unpaired) electrons. The Labute approximate surface area is 131 Å². The third kappa shape index (κ3) is 4.97. The molecule has 1 heterocycles. The Bertz CT molecular complexity index is 599. The van der Waals surface area contributed by atoms with E-state index in [2.05, 4.69) is 4.98 Å². The molecular formula is C18H22N2O2. The van der Waals surface area contributed by atoms with E-state index in [1.54, 1.807) is 11.9 Å². The molecule has 0 aliphatic rings. The zero-order valence-electron chi connectivity index (χ0n) is 13.2. The minimum absolute atomic E-state index is 0.0569. The first-order valence-electron chi connectivity index (χ1n) is 7.48. The SMILES string of the molecule is Cc1cccc(N(C)C(=O)CCCOCc2ccccc2)n1. The third-order valence-corrected chi connectivity index (χ3v) is 3.38. The highest BCUT2D eigenvalue weighted by Gasteiger charge is 2.11. The predicted molar refractivity (Wildman–Crippen MR) is 87.7 cm³/mol. The predicted octanol–water partition coefficient (Wildman–Crippen LogP) is 3.35. The van der Waals surface area contributed by atoms with Gasteiger partial charge in [0.2, 0.25) is 5.91 Å². The highest BCUT2D eigenvalue weighted by molar-refractivity contribution is 5.91. The molecule has 4 nitrogen and oxygen atoms in total. The Morgan fingerprint density at radius 3 is 2.64 bits per heavy atom. The van der Waals surface area contributed by atoms with E-state index in [1.165, 1.54) is 0 Å². The van der Waals surface area contributed by atoms with E-state index in [1.807, 2.05) is 55.5 Å². The number of aromatic nitrogens is 1. The molecule has 0 saturated heterocycles. The van der Waals surface area contributed by atoms with Gasteiger partial charge < -0.3 is 4.74 Å². The molecule has 2 rings (SSSR count). The number of carbonyl (C=O) groups excluding carboxylic acids is 1. The minimum atomic E-state index is 0.0569. The van der Waals surface area contributed by atoms with Gasteiger partial charge in [-0.1, -0.05) is 36.4 Å². The monoisotopic (exact) mass is 298 g/mol. The molecule has 0 unspecified atom stereocenters. The van der Waals surface area contributed by atoms with Crippen LogP contribution < -0.4 is 4.90 Å². The fourth-order valence-electron chi connectivity index (χ4n) is 2.10. The standard InChI is InChI=1S/C18H22N2O2/c1-15-8-6-11-17(19-15)20(2)18(21)12-7-13-22-14-16-9-4-3-5-10-16/h3-6,8-11H,7,12-14H2,1-2H3. The lowest BCUT2D eigenvalue weighted by Crippen LogP contribution is -2.27. The summed E-state index contributed by atoms with van der Waals surface area (Å²) < 4.78 is 5.59. The summed E-state index contributed by atoms with van der Waals surface area (Å²) in [6.07, 6.45) is 1.17. The molecule has 116 valence electrons. The van der Waals surface area contributed by atoms with Crippen molar-refractivity contribution in [1.29, 1.82) is 0 Å². The summed E-state index contributed by atoms with van der Waals surface area (Å²) in [5, 5.41) is 0. The van der Waals surface area contributed by atoms with Crippen LogP contribution in [0.1, 0.15) is 24.1 Å². The number of pyridine rings is 1. The van der Waals surface area contributed by atoms with Crippen molar-refractivity contribution in [3.8, 4) is 0 Å². The normalized spacial score (nSPS) is 10.5. The quantitative estimate of drug-likeness (QED) is 0.736. The lowest BCUT2D eigenvalue weighted by Gasteiger charge is -2.16. The minimum Gasteiger partial charge on any atom is -0.377 e. The van der Waals surface area contributed by atoms with Gasteiger partial charge in [0.15, 0.2) is 0 Å². The average Bonchev–Trinajstić information content (AvgIpc) is 2.54. The zero-order chi connectivity index (χ0) is 15.8. The van der Waals surface area contributed by atoms with Crippen LogP contribution in [0.4, 0.5) is 5.82 Å². The highest BCUT2D eigenvalue weighted by Crippen LogP contribution is 2.11. The van der Waals surface area contributed by atoms with E-state index in [0.717, 1.165) is 11.3 Å². The van der Waals surface area contributed by atoms with Crippen molar-refractivity contribution < 1.29 is 9.53 Å². The maximum Gasteiger partial charge on any atom is 0.227 e. The van der Waals surface area contributed by atoms with Crippen LogP contribution in [-0.2, 0) is 16.1 Å². The molecule has 0 atom stereocenters. The van der Waals surface area contributed by atoms with Gasteiger partial charge >= 0.3 is 0 Å². The van der Waals surface area contributed by atoms with Crippen LogP contribution in [0.3, 0.4) is 0 Å². The molecule has 1 aromatic heterocycles. The van der Waals surface area contributed by atoms with Crippen LogP contribution in [0.5, 0.6) is 0 Å². The Balaban J connectivity index is 1.69. The summed E-state index contributed by atoms with van der Waals surface area (Å²) in [5.74, 6) is 0.747. The molecule has 1 aromatic carbocycles. The molecule has 0 fully saturated rings. The van der Waals surface area contributed by atoms with Gasteiger partial charge in [-0.3, -0.25) is 9.69 Å². The smallest absolute Gasteiger partial charge is 0.227 e. The lowest BCUT2D eigenvalue weighted by molar-refractivity contribution is -0.118. The van der Waals surface area contributed by atoms with Crippen molar-refractivity contribution in [3.05, 3.63) is 59.8 Å². The summed E-state index contributed by atoms with van der Waals surface area (Å²) >= 11 is 0. The Hall–Kier alpha value is -2.20. The number of benzene rings is 1. The molecule has 4 heteroatoms. The van der Waals surface area contributed by atoms with Gasteiger partial charge in [-0.05, 0) is 31.0 Å². The van der Waals surface area contributed by atoms with Gasteiger partial charge in [-0.2, -0.15) is 0 Å². The molecule has 0 spiro atoms. The van der Waals surface area contributed by atoms with Crippen molar-refractivity contribution in [2.45, 2.75) is 26.4 Å². The first-order valence-corrected chi connectivity index (χ1v) is 7.48. The summed E-state index contributed by atoms with van der Waals surface area (Å²) in [7, 11) is 1.76. The first-order chi connectivity index (χ1) is 10.7. The van der Waals surface area contributed by atoms with Crippen molar-refractivity contribution in [3.63, 3.8) is 0 Å². The fourth-order valence-corrected chi connectivity index (χ4v) is 2.10. The number of anilines is 1. The third-order valence-electron chi connectivity index (χ3n) is 3.38. The Morgan fingerprint density at radius 2 is 1.91 bits per heavy atom. The maximum atomic E-state index is 12.1. The number of aryl methyl sites for hydroxylation is 1. The summed E-state index contributed by atoms with van der Waals surface area (Å²) in [4.78, 5) is 18.1. The average molecular weight is 298 g/mol. The number of hydrogen-bond acceptors (Lipinski definition) is 3. The number of nitrogens with zero attached hydrogens (tertiary/aromatic N) is 2. The Morgan fingerprint density at radius 1 is 1.14 bits per heavy atom. The second-order valence-electron chi connectivity index (χ2n) is 5.23. The van der Waals surface area contributed by atoms with Crippen molar-refractivity contribution >= 4 is 11.7 Å². The van der Waals surface area contributed by atoms with Crippen LogP contribution in [0, 0.1) is 6.92 Å². The number of ether oxygens (including phenoxy) is 1. The number of hydrogen-bond donors (Lipinski definition) is 0. The number of carbonyl (C=O) groups is 1. The van der Waals surface area contributed by atoms with Crippen LogP contribution >= 0.6 is 0 Å². The van der Waals surface area contributed by atoms with Gasteiger partial charge in [0.05, 0.1) is 6.61 Å². The van der Waals surface area contributed by atoms with E-state index in [0.29, 0.717) is 31.9 Å². The summed E-state index contributed by atoms with van der Waals surface area (Å²) in [6.45, 7) is 3.08. The molecule has 0 saturated carbocycles. The van der Waals surface area contributed by atoms with Crippen LogP contribution in [0.15, 0.2) is 48.5 Å². The van der Waals surface area contributed by atoms with E-state index in [4.69, 9.17) is 4.74 Å².